The van der Waals surface area contributed by atoms with Gasteiger partial charge in [-0.15, -0.1) is 0 Å². The second-order valence-electron chi connectivity index (χ2n) is 6.73. The van der Waals surface area contributed by atoms with Gasteiger partial charge in [0.15, 0.2) is 0 Å². The van der Waals surface area contributed by atoms with E-state index in [0.717, 1.165) is 18.5 Å². The summed E-state index contributed by atoms with van der Waals surface area (Å²) in [7, 11) is 0. The molecule has 0 aliphatic carbocycles. The van der Waals surface area contributed by atoms with E-state index in [0.29, 0.717) is 6.42 Å². The quantitative estimate of drug-likeness (QED) is 0.373. The van der Waals surface area contributed by atoms with E-state index in [9.17, 15) is 9.90 Å². The lowest BCUT2D eigenvalue weighted by Crippen LogP contribution is -2.29. The van der Waals surface area contributed by atoms with Crippen molar-refractivity contribution < 1.29 is 9.90 Å². The highest BCUT2D eigenvalue weighted by Crippen LogP contribution is 2.15. The van der Waals surface area contributed by atoms with Crippen LogP contribution in [0, 0.1) is 0 Å². The molecule has 3 nitrogen and oxygen atoms in total. The average Bonchev–Trinajstić information content (AvgIpc) is 2.59. The molecule has 0 aliphatic rings. The van der Waals surface area contributed by atoms with Crippen LogP contribution in [0.25, 0.3) is 0 Å². The summed E-state index contributed by atoms with van der Waals surface area (Å²) in [5.41, 5.74) is 0.882. The van der Waals surface area contributed by atoms with Gasteiger partial charge >= 0.3 is 5.97 Å². The van der Waals surface area contributed by atoms with Crippen molar-refractivity contribution in [3.8, 4) is 0 Å². The van der Waals surface area contributed by atoms with Gasteiger partial charge in [0.1, 0.15) is 6.04 Å². The zero-order chi connectivity index (χ0) is 17.5. The number of carboxylic acid groups (broad SMARTS) is 1. The molecule has 0 fully saturated rings. The molecule has 1 rings (SSSR count). The van der Waals surface area contributed by atoms with E-state index in [4.69, 9.17) is 0 Å². The number of benzene rings is 1. The second kappa shape index (κ2) is 13.9. The third-order valence-electron chi connectivity index (χ3n) is 4.51. The molecule has 3 heteroatoms. The topological polar surface area (TPSA) is 49.3 Å². The normalized spacial score (nSPS) is 12.0. The summed E-state index contributed by atoms with van der Waals surface area (Å²) in [6, 6.07) is 9.12. The van der Waals surface area contributed by atoms with E-state index < -0.39 is 12.0 Å². The van der Waals surface area contributed by atoms with Gasteiger partial charge in [-0.3, -0.25) is 0 Å². The Kier molecular flexibility index (Phi) is 11.9. The number of hydrogen-bond donors (Lipinski definition) is 2. The highest BCUT2D eigenvalue weighted by Gasteiger charge is 2.16. The molecule has 0 aromatic heterocycles. The average molecular weight is 334 g/mol. The van der Waals surface area contributed by atoms with Crippen LogP contribution >= 0.6 is 0 Å². The minimum Gasteiger partial charge on any atom is -0.480 e. The number of hydrogen-bond acceptors (Lipinski definition) is 2. The summed E-state index contributed by atoms with van der Waals surface area (Å²) in [6.45, 7) is 2.25. The molecule has 0 heterocycles. The maximum absolute atomic E-state index is 11.4. The Balaban J connectivity index is 2.02. The van der Waals surface area contributed by atoms with Crippen LogP contribution in [0.5, 0.6) is 0 Å². The van der Waals surface area contributed by atoms with Crippen LogP contribution in [-0.4, -0.2) is 17.1 Å². The molecule has 1 unspecified atom stereocenters. The number of anilines is 1. The molecule has 1 atom stereocenters. The third kappa shape index (κ3) is 10.3. The maximum Gasteiger partial charge on any atom is 0.326 e. The van der Waals surface area contributed by atoms with Gasteiger partial charge in [0.05, 0.1) is 0 Å². The molecule has 0 spiro atoms. The summed E-state index contributed by atoms with van der Waals surface area (Å²) in [6.07, 6.45) is 14.9. The lowest BCUT2D eigenvalue weighted by Gasteiger charge is -2.15. The SMILES string of the molecule is CCCCCCCCCCCCCC(Nc1ccccc1)C(=O)O. The van der Waals surface area contributed by atoms with Gasteiger partial charge in [-0.05, 0) is 18.6 Å². The number of unbranched alkanes of at least 4 members (excludes halogenated alkanes) is 10. The molecule has 0 saturated heterocycles. The Hall–Kier alpha value is -1.51. The number of rotatable bonds is 15. The van der Waals surface area contributed by atoms with Crippen molar-refractivity contribution in [2.75, 3.05) is 5.32 Å². The highest BCUT2D eigenvalue weighted by molar-refractivity contribution is 5.77. The molecule has 0 saturated carbocycles. The maximum atomic E-state index is 11.4. The minimum atomic E-state index is -0.758. The Morgan fingerprint density at radius 2 is 1.38 bits per heavy atom. The predicted molar refractivity (Wildman–Crippen MR) is 103 cm³/mol. The largest absolute Gasteiger partial charge is 0.480 e. The van der Waals surface area contributed by atoms with Crippen molar-refractivity contribution in [3.63, 3.8) is 0 Å². The van der Waals surface area contributed by atoms with Crippen LogP contribution in [0.15, 0.2) is 30.3 Å². The Morgan fingerprint density at radius 3 is 1.88 bits per heavy atom. The predicted octanol–water partition coefficient (Wildman–Crippen LogP) is 6.25. The van der Waals surface area contributed by atoms with Crippen LogP contribution in [0.4, 0.5) is 5.69 Å². The van der Waals surface area contributed by atoms with Crippen LogP contribution < -0.4 is 5.32 Å². The molecular formula is C21H35NO2. The van der Waals surface area contributed by atoms with Crippen molar-refractivity contribution in [1.29, 1.82) is 0 Å². The fourth-order valence-corrected chi connectivity index (χ4v) is 3.01. The zero-order valence-corrected chi connectivity index (χ0v) is 15.3. The van der Waals surface area contributed by atoms with E-state index in [-0.39, 0.29) is 0 Å². The van der Waals surface area contributed by atoms with Crippen LogP contribution in [-0.2, 0) is 4.79 Å². The first-order valence-corrected chi connectivity index (χ1v) is 9.78. The summed E-state index contributed by atoms with van der Waals surface area (Å²) in [5, 5.41) is 12.4. The molecule has 0 radical (unpaired) electrons. The third-order valence-corrected chi connectivity index (χ3v) is 4.51. The van der Waals surface area contributed by atoms with Gasteiger partial charge < -0.3 is 10.4 Å². The van der Waals surface area contributed by atoms with Crippen molar-refractivity contribution in [3.05, 3.63) is 30.3 Å². The van der Waals surface area contributed by atoms with Crippen LogP contribution in [0.1, 0.15) is 84.0 Å². The molecule has 1 aromatic rings. The molecule has 0 amide bonds. The first-order chi connectivity index (χ1) is 11.7. The zero-order valence-electron chi connectivity index (χ0n) is 15.3. The van der Waals surface area contributed by atoms with E-state index in [2.05, 4.69) is 12.2 Å². The van der Waals surface area contributed by atoms with E-state index >= 15 is 0 Å². The highest BCUT2D eigenvalue weighted by atomic mass is 16.4. The van der Waals surface area contributed by atoms with Gasteiger partial charge in [0, 0.05) is 5.69 Å². The van der Waals surface area contributed by atoms with Crippen LogP contribution in [0.2, 0.25) is 0 Å². The van der Waals surface area contributed by atoms with Crippen molar-refractivity contribution in [1.82, 2.24) is 0 Å². The summed E-state index contributed by atoms with van der Waals surface area (Å²) < 4.78 is 0. The molecule has 0 bridgehead atoms. The molecular weight excluding hydrogens is 298 g/mol. The fraction of sp³-hybridized carbons (Fsp3) is 0.667. The monoisotopic (exact) mass is 333 g/mol. The Labute approximate surface area is 147 Å². The first kappa shape index (κ1) is 20.5. The van der Waals surface area contributed by atoms with E-state index in [1.807, 2.05) is 30.3 Å². The standard InChI is InChI=1S/C21H35NO2/c1-2-3-4-5-6-7-8-9-10-11-15-18-20(21(23)24)22-19-16-13-12-14-17-19/h12-14,16-17,20,22H,2-11,15,18H2,1H3,(H,23,24). The molecule has 2 N–H and O–H groups in total. The Bertz CT molecular complexity index is 419. The first-order valence-electron chi connectivity index (χ1n) is 9.78. The van der Waals surface area contributed by atoms with Gasteiger partial charge in [-0.2, -0.15) is 0 Å². The van der Waals surface area contributed by atoms with Crippen molar-refractivity contribution in [2.24, 2.45) is 0 Å². The summed E-state index contributed by atoms with van der Waals surface area (Å²) in [4.78, 5) is 11.4. The Morgan fingerprint density at radius 1 is 0.875 bits per heavy atom. The lowest BCUT2D eigenvalue weighted by molar-refractivity contribution is -0.138. The van der Waals surface area contributed by atoms with Crippen molar-refractivity contribution >= 4 is 11.7 Å². The van der Waals surface area contributed by atoms with E-state index in [1.165, 1.54) is 57.8 Å². The molecule has 24 heavy (non-hydrogen) atoms. The van der Waals surface area contributed by atoms with Gasteiger partial charge in [-0.1, -0.05) is 95.8 Å². The fourth-order valence-electron chi connectivity index (χ4n) is 3.01. The molecule has 136 valence electrons. The van der Waals surface area contributed by atoms with Crippen molar-refractivity contribution in [2.45, 2.75) is 90.0 Å². The lowest BCUT2D eigenvalue weighted by atomic mass is 10.0. The molecule has 0 aliphatic heterocycles. The number of para-hydroxylation sites is 1. The number of carbonyl (C=O) groups is 1. The number of aliphatic carboxylic acids is 1. The minimum absolute atomic E-state index is 0.481. The second-order valence-corrected chi connectivity index (χ2v) is 6.73. The van der Waals surface area contributed by atoms with Gasteiger partial charge in [0.2, 0.25) is 0 Å². The van der Waals surface area contributed by atoms with Gasteiger partial charge in [0.25, 0.3) is 0 Å². The summed E-state index contributed by atoms with van der Waals surface area (Å²) in [5.74, 6) is -0.758. The number of nitrogens with one attached hydrogen (secondary N) is 1. The van der Waals surface area contributed by atoms with Gasteiger partial charge in [-0.25, -0.2) is 4.79 Å². The molecule has 1 aromatic carbocycles. The van der Waals surface area contributed by atoms with E-state index in [1.54, 1.807) is 0 Å². The summed E-state index contributed by atoms with van der Waals surface area (Å²) >= 11 is 0. The van der Waals surface area contributed by atoms with Crippen LogP contribution in [0.3, 0.4) is 0 Å². The number of carboxylic acids is 1. The smallest absolute Gasteiger partial charge is 0.326 e.